The van der Waals surface area contributed by atoms with E-state index in [-0.39, 0.29) is 0 Å². The number of hydrogen-bond donors (Lipinski definition) is 0. The summed E-state index contributed by atoms with van der Waals surface area (Å²) in [5.74, 6) is 0.655. The molecule has 0 saturated carbocycles. The second-order valence-electron chi connectivity index (χ2n) is 2.53. The summed E-state index contributed by atoms with van der Waals surface area (Å²) in [5, 5.41) is 0. The molecule has 1 aliphatic heterocycles. The van der Waals surface area contributed by atoms with Crippen LogP contribution in [0.2, 0.25) is 0 Å². The highest BCUT2D eigenvalue weighted by atomic mass is 16.5. The SMILES string of the molecule is O=CC1=NC=COc2ccccc21. The molecule has 13 heavy (non-hydrogen) atoms. The van der Waals surface area contributed by atoms with Crippen molar-refractivity contribution in [1.29, 1.82) is 0 Å². The van der Waals surface area contributed by atoms with E-state index in [1.807, 2.05) is 12.1 Å². The van der Waals surface area contributed by atoms with Gasteiger partial charge in [-0.05, 0) is 12.1 Å². The van der Waals surface area contributed by atoms with Crippen molar-refractivity contribution < 1.29 is 9.53 Å². The molecule has 0 aliphatic carbocycles. The zero-order valence-electron chi connectivity index (χ0n) is 6.81. The number of carbonyl (C=O) groups is 1. The van der Waals surface area contributed by atoms with Crippen molar-refractivity contribution in [2.75, 3.05) is 0 Å². The van der Waals surface area contributed by atoms with E-state index in [0.29, 0.717) is 11.5 Å². The predicted octanol–water partition coefficient (Wildman–Crippen LogP) is 1.54. The first-order valence-corrected chi connectivity index (χ1v) is 3.86. The normalized spacial score (nSPS) is 13.7. The van der Waals surface area contributed by atoms with E-state index in [1.165, 1.54) is 12.5 Å². The first kappa shape index (κ1) is 7.73. The summed E-state index contributed by atoms with van der Waals surface area (Å²) in [5.41, 5.74) is 1.12. The third-order valence-electron chi connectivity index (χ3n) is 1.74. The van der Waals surface area contributed by atoms with Crippen molar-refractivity contribution in [2.24, 2.45) is 4.99 Å². The van der Waals surface area contributed by atoms with Crippen molar-refractivity contribution in [3.63, 3.8) is 0 Å². The van der Waals surface area contributed by atoms with Gasteiger partial charge in [-0.1, -0.05) is 12.1 Å². The molecule has 0 atom stereocenters. The van der Waals surface area contributed by atoms with Gasteiger partial charge in [0.25, 0.3) is 0 Å². The molecule has 0 spiro atoms. The predicted molar refractivity (Wildman–Crippen MR) is 48.8 cm³/mol. The van der Waals surface area contributed by atoms with E-state index in [9.17, 15) is 4.79 Å². The minimum Gasteiger partial charge on any atom is -0.463 e. The van der Waals surface area contributed by atoms with Crippen LogP contribution >= 0.6 is 0 Å². The number of ether oxygens (including phenoxy) is 1. The maximum absolute atomic E-state index is 10.7. The summed E-state index contributed by atoms with van der Waals surface area (Å²) in [6, 6.07) is 7.28. The molecule has 64 valence electrons. The lowest BCUT2D eigenvalue weighted by Crippen LogP contribution is -2.01. The molecule has 2 rings (SSSR count). The van der Waals surface area contributed by atoms with Crippen LogP contribution in [-0.2, 0) is 4.79 Å². The van der Waals surface area contributed by atoms with Crippen LogP contribution in [0.3, 0.4) is 0 Å². The molecule has 1 aliphatic rings. The topological polar surface area (TPSA) is 38.7 Å². The molecular weight excluding hydrogens is 166 g/mol. The fraction of sp³-hybridized carbons (Fsp3) is 0. The summed E-state index contributed by atoms with van der Waals surface area (Å²) in [7, 11) is 0. The molecule has 1 aromatic rings. The van der Waals surface area contributed by atoms with Gasteiger partial charge < -0.3 is 4.74 Å². The summed E-state index contributed by atoms with van der Waals surface area (Å²) < 4.78 is 5.23. The van der Waals surface area contributed by atoms with Gasteiger partial charge in [0, 0.05) is 5.56 Å². The number of nitrogens with zero attached hydrogens (tertiary/aromatic N) is 1. The van der Waals surface area contributed by atoms with Crippen LogP contribution in [0.5, 0.6) is 5.75 Å². The molecule has 0 unspecified atom stereocenters. The van der Waals surface area contributed by atoms with Gasteiger partial charge >= 0.3 is 0 Å². The Kier molecular flexibility index (Phi) is 1.92. The van der Waals surface area contributed by atoms with E-state index in [2.05, 4.69) is 4.99 Å². The van der Waals surface area contributed by atoms with Gasteiger partial charge in [-0.3, -0.25) is 4.79 Å². The lowest BCUT2D eigenvalue weighted by Gasteiger charge is -2.03. The van der Waals surface area contributed by atoms with E-state index >= 15 is 0 Å². The fourth-order valence-electron chi connectivity index (χ4n) is 1.16. The number of hydrogen-bond acceptors (Lipinski definition) is 3. The maximum Gasteiger partial charge on any atom is 0.169 e. The Hall–Kier alpha value is -1.90. The van der Waals surface area contributed by atoms with Gasteiger partial charge in [0.1, 0.15) is 17.7 Å². The molecule has 0 N–H and O–H groups in total. The highest BCUT2D eigenvalue weighted by molar-refractivity contribution is 6.37. The van der Waals surface area contributed by atoms with Gasteiger partial charge in [0.15, 0.2) is 6.29 Å². The van der Waals surface area contributed by atoms with Crippen LogP contribution in [0.4, 0.5) is 0 Å². The molecule has 0 aromatic heterocycles. The number of para-hydroxylation sites is 1. The monoisotopic (exact) mass is 173 g/mol. The van der Waals surface area contributed by atoms with E-state index in [0.717, 1.165) is 11.8 Å². The van der Waals surface area contributed by atoms with Crippen LogP contribution in [-0.4, -0.2) is 12.0 Å². The third-order valence-corrected chi connectivity index (χ3v) is 1.74. The average molecular weight is 173 g/mol. The highest BCUT2D eigenvalue weighted by Crippen LogP contribution is 2.20. The first-order chi connectivity index (χ1) is 6.42. The van der Waals surface area contributed by atoms with Crippen LogP contribution in [0, 0.1) is 0 Å². The molecule has 0 fully saturated rings. The summed E-state index contributed by atoms with van der Waals surface area (Å²) >= 11 is 0. The average Bonchev–Trinajstić information content (AvgIpc) is 2.39. The minimum absolute atomic E-state index is 0.393. The maximum atomic E-state index is 10.7. The molecule has 3 nitrogen and oxygen atoms in total. The third kappa shape index (κ3) is 1.36. The second kappa shape index (κ2) is 3.23. The smallest absolute Gasteiger partial charge is 0.169 e. The Balaban J connectivity index is 2.59. The largest absolute Gasteiger partial charge is 0.463 e. The van der Waals surface area contributed by atoms with Crippen LogP contribution in [0.25, 0.3) is 0 Å². The van der Waals surface area contributed by atoms with Crippen LogP contribution in [0.15, 0.2) is 41.7 Å². The Morgan fingerprint density at radius 1 is 1.31 bits per heavy atom. The number of rotatable bonds is 1. The molecule has 0 bridgehead atoms. The van der Waals surface area contributed by atoms with Crippen LogP contribution < -0.4 is 4.74 Å². The zero-order valence-corrected chi connectivity index (χ0v) is 6.81. The number of aldehydes is 1. The molecule has 1 aromatic carbocycles. The first-order valence-electron chi connectivity index (χ1n) is 3.86. The fourth-order valence-corrected chi connectivity index (χ4v) is 1.16. The van der Waals surface area contributed by atoms with E-state index in [4.69, 9.17) is 4.74 Å². The molecule has 1 heterocycles. The van der Waals surface area contributed by atoms with E-state index < -0.39 is 0 Å². The van der Waals surface area contributed by atoms with Gasteiger partial charge in [-0.15, -0.1) is 0 Å². The molecule has 0 amide bonds. The standard InChI is InChI=1S/C10H7NO2/c12-7-9-8-3-1-2-4-10(8)13-6-5-11-9/h1-7H. The molecule has 0 saturated heterocycles. The number of aliphatic imine (C=N–C) groups is 1. The highest BCUT2D eigenvalue weighted by Gasteiger charge is 2.09. The molecular formula is C10H7NO2. The Morgan fingerprint density at radius 2 is 2.15 bits per heavy atom. The number of fused-ring (bicyclic) bond motifs is 1. The molecule has 3 heteroatoms. The van der Waals surface area contributed by atoms with Gasteiger partial charge in [-0.25, -0.2) is 4.99 Å². The molecule has 0 radical (unpaired) electrons. The van der Waals surface area contributed by atoms with Crippen molar-refractivity contribution >= 4 is 12.0 Å². The second-order valence-corrected chi connectivity index (χ2v) is 2.53. The Labute approximate surface area is 75.4 Å². The van der Waals surface area contributed by atoms with Gasteiger partial charge in [0.2, 0.25) is 0 Å². The van der Waals surface area contributed by atoms with E-state index in [1.54, 1.807) is 12.1 Å². The van der Waals surface area contributed by atoms with Crippen molar-refractivity contribution in [1.82, 2.24) is 0 Å². The zero-order chi connectivity index (χ0) is 9.10. The lowest BCUT2D eigenvalue weighted by atomic mass is 10.1. The Bertz CT molecular complexity index is 394. The van der Waals surface area contributed by atoms with Gasteiger partial charge in [0.05, 0.1) is 6.20 Å². The van der Waals surface area contributed by atoms with Crippen molar-refractivity contribution in [3.05, 3.63) is 42.3 Å². The Morgan fingerprint density at radius 3 is 3.00 bits per heavy atom. The number of benzene rings is 1. The quantitative estimate of drug-likeness (QED) is 0.604. The van der Waals surface area contributed by atoms with Crippen molar-refractivity contribution in [2.45, 2.75) is 0 Å². The van der Waals surface area contributed by atoms with Crippen LogP contribution in [0.1, 0.15) is 5.56 Å². The number of carbonyl (C=O) groups excluding carboxylic acids is 1. The van der Waals surface area contributed by atoms with Gasteiger partial charge in [-0.2, -0.15) is 0 Å². The summed E-state index contributed by atoms with van der Waals surface area (Å²) in [6.45, 7) is 0. The minimum atomic E-state index is 0.393. The summed E-state index contributed by atoms with van der Waals surface area (Å²) in [4.78, 5) is 14.6. The summed E-state index contributed by atoms with van der Waals surface area (Å²) in [6.07, 6.45) is 3.64. The van der Waals surface area contributed by atoms with Crippen molar-refractivity contribution in [3.8, 4) is 5.75 Å². The lowest BCUT2D eigenvalue weighted by molar-refractivity contribution is -0.102.